The maximum atomic E-state index is 12.0. The summed E-state index contributed by atoms with van der Waals surface area (Å²) < 4.78 is 26.6. The Balaban J connectivity index is 2.69. The van der Waals surface area contributed by atoms with Gasteiger partial charge >= 0.3 is 0 Å². The summed E-state index contributed by atoms with van der Waals surface area (Å²) in [6.07, 6.45) is 2.01. The van der Waals surface area contributed by atoms with E-state index in [1.54, 1.807) is 12.1 Å². The molecule has 114 valence electrons. The third-order valence-corrected chi connectivity index (χ3v) is 4.58. The predicted octanol–water partition coefficient (Wildman–Crippen LogP) is 2.30. The zero-order valence-corrected chi connectivity index (χ0v) is 13.6. The molecule has 0 aliphatic carbocycles. The van der Waals surface area contributed by atoms with E-state index in [9.17, 15) is 8.42 Å². The molecule has 1 aromatic carbocycles. The van der Waals surface area contributed by atoms with Crippen LogP contribution >= 0.6 is 0 Å². The Morgan fingerprint density at radius 2 is 1.70 bits per heavy atom. The van der Waals surface area contributed by atoms with Gasteiger partial charge in [-0.3, -0.25) is 0 Å². The highest BCUT2D eigenvalue weighted by molar-refractivity contribution is 7.89. The van der Waals surface area contributed by atoms with Crippen molar-refractivity contribution in [2.24, 2.45) is 0 Å². The van der Waals surface area contributed by atoms with E-state index < -0.39 is 10.0 Å². The van der Waals surface area contributed by atoms with Crippen LogP contribution in [0.1, 0.15) is 39.7 Å². The molecule has 0 saturated carbocycles. The van der Waals surface area contributed by atoms with Crippen molar-refractivity contribution < 1.29 is 8.42 Å². The summed E-state index contributed by atoms with van der Waals surface area (Å²) in [5.74, 6) is 0. The lowest BCUT2D eigenvalue weighted by Crippen LogP contribution is -2.30. The molecule has 1 aromatic rings. The van der Waals surface area contributed by atoms with Crippen LogP contribution in [0.3, 0.4) is 0 Å². The maximum Gasteiger partial charge on any atom is 0.240 e. The van der Waals surface area contributed by atoms with Crippen LogP contribution in [0.2, 0.25) is 0 Å². The summed E-state index contributed by atoms with van der Waals surface area (Å²) in [5, 5.41) is 3.42. The van der Waals surface area contributed by atoms with Crippen LogP contribution in [0.5, 0.6) is 0 Å². The first-order valence-corrected chi connectivity index (χ1v) is 8.68. The Kier molecular flexibility index (Phi) is 6.65. The van der Waals surface area contributed by atoms with Gasteiger partial charge in [-0.2, -0.15) is 0 Å². The van der Waals surface area contributed by atoms with Crippen molar-refractivity contribution in [2.45, 2.75) is 57.5 Å². The Bertz CT molecular complexity index is 495. The monoisotopic (exact) mass is 298 g/mol. The second-order valence-corrected chi connectivity index (χ2v) is 7.19. The molecule has 1 atom stereocenters. The van der Waals surface area contributed by atoms with E-state index in [-0.39, 0.29) is 6.04 Å². The van der Waals surface area contributed by atoms with Crippen molar-refractivity contribution in [1.29, 1.82) is 0 Å². The van der Waals surface area contributed by atoms with Crippen LogP contribution in [0.15, 0.2) is 29.2 Å². The van der Waals surface area contributed by atoms with E-state index >= 15 is 0 Å². The smallest absolute Gasteiger partial charge is 0.240 e. The van der Waals surface area contributed by atoms with Crippen molar-refractivity contribution in [3.8, 4) is 0 Å². The molecule has 1 unspecified atom stereocenters. The highest BCUT2D eigenvalue weighted by Crippen LogP contribution is 2.12. The molecule has 5 heteroatoms. The molecule has 2 N–H and O–H groups in total. The fraction of sp³-hybridized carbons (Fsp3) is 0.600. The number of hydrogen-bond donors (Lipinski definition) is 2. The van der Waals surface area contributed by atoms with E-state index in [4.69, 9.17) is 0 Å². The fourth-order valence-electron chi connectivity index (χ4n) is 2.00. The highest BCUT2D eigenvalue weighted by Gasteiger charge is 2.15. The van der Waals surface area contributed by atoms with Crippen LogP contribution in [-0.4, -0.2) is 27.0 Å². The van der Waals surface area contributed by atoms with Crippen molar-refractivity contribution in [3.63, 3.8) is 0 Å². The standard InChI is InChI=1S/C15H26N2O2S/c1-5-10-16-13(4)11-14-6-8-15(9-7-14)20(18,19)17-12(2)3/h6-9,12-13,16-17H,5,10-11H2,1-4H3. The Morgan fingerprint density at radius 3 is 2.20 bits per heavy atom. The average Bonchev–Trinajstić information content (AvgIpc) is 2.35. The minimum Gasteiger partial charge on any atom is -0.314 e. The first-order chi connectivity index (χ1) is 9.35. The van der Waals surface area contributed by atoms with Crippen molar-refractivity contribution in [2.75, 3.05) is 6.54 Å². The fourth-order valence-corrected chi connectivity index (χ4v) is 3.25. The van der Waals surface area contributed by atoms with Crippen molar-refractivity contribution in [1.82, 2.24) is 10.0 Å². The second-order valence-electron chi connectivity index (χ2n) is 5.48. The topological polar surface area (TPSA) is 58.2 Å². The Morgan fingerprint density at radius 1 is 1.10 bits per heavy atom. The molecule has 0 amide bonds. The lowest BCUT2D eigenvalue weighted by molar-refractivity contribution is 0.543. The van der Waals surface area contributed by atoms with Crippen LogP contribution in [0.4, 0.5) is 0 Å². The lowest BCUT2D eigenvalue weighted by Gasteiger charge is -2.14. The van der Waals surface area contributed by atoms with Gasteiger partial charge in [0.1, 0.15) is 0 Å². The molecule has 4 nitrogen and oxygen atoms in total. The van der Waals surface area contributed by atoms with E-state index in [1.807, 2.05) is 26.0 Å². The van der Waals surface area contributed by atoms with Crippen LogP contribution < -0.4 is 10.0 Å². The summed E-state index contributed by atoms with van der Waals surface area (Å²) >= 11 is 0. The van der Waals surface area contributed by atoms with Crippen LogP contribution in [0.25, 0.3) is 0 Å². The zero-order chi connectivity index (χ0) is 15.2. The van der Waals surface area contributed by atoms with Gasteiger partial charge in [0.05, 0.1) is 4.90 Å². The molecule has 0 saturated heterocycles. The van der Waals surface area contributed by atoms with Crippen LogP contribution in [0, 0.1) is 0 Å². The minimum atomic E-state index is -3.38. The molecule has 20 heavy (non-hydrogen) atoms. The molecule has 0 spiro atoms. The first kappa shape index (κ1) is 17.1. The molecular weight excluding hydrogens is 272 g/mol. The molecular formula is C15H26N2O2S. The number of nitrogens with one attached hydrogen (secondary N) is 2. The number of benzene rings is 1. The largest absolute Gasteiger partial charge is 0.314 e. The summed E-state index contributed by atoms with van der Waals surface area (Å²) in [4.78, 5) is 0.323. The van der Waals surface area contributed by atoms with Gasteiger partial charge in [0.25, 0.3) is 0 Å². The van der Waals surface area contributed by atoms with Gasteiger partial charge < -0.3 is 5.32 Å². The molecule has 0 fully saturated rings. The molecule has 0 aromatic heterocycles. The lowest BCUT2D eigenvalue weighted by atomic mass is 10.1. The van der Waals surface area contributed by atoms with Gasteiger partial charge in [-0.05, 0) is 57.9 Å². The van der Waals surface area contributed by atoms with Gasteiger partial charge in [-0.25, -0.2) is 13.1 Å². The normalized spacial score (nSPS) is 13.7. The average molecular weight is 298 g/mol. The van der Waals surface area contributed by atoms with E-state index in [2.05, 4.69) is 23.9 Å². The SMILES string of the molecule is CCCNC(C)Cc1ccc(S(=O)(=O)NC(C)C)cc1. The highest BCUT2D eigenvalue weighted by atomic mass is 32.2. The molecule has 0 radical (unpaired) electrons. The third-order valence-electron chi connectivity index (χ3n) is 2.91. The summed E-state index contributed by atoms with van der Waals surface area (Å²) in [6, 6.07) is 7.42. The van der Waals surface area contributed by atoms with E-state index in [0.29, 0.717) is 10.9 Å². The van der Waals surface area contributed by atoms with Crippen molar-refractivity contribution >= 4 is 10.0 Å². The van der Waals surface area contributed by atoms with Gasteiger partial charge in [0.2, 0.25) is 10.0 Å². The number of sulfonamides is 1. The first-order valence-electron chi connectivity index (χ1n) is 7.19. The molecule has 0 aliphatic heterocycles. The minimum absolute atomic E-state index is 0.0991. The molecule has 0 aliphatic rings. The van der Waals surface area contributed by atoms with Crippen molar-refractivity contribution in [3.05, 3.63) is 29.8 Å². The molecule has 0 heterocycles. The summed E-state index contributed by atoms with van der Waals surface area (Å²) in [7, 11) is -3.38. The Labute approximate surface area is 123 Å². The molecule has 0 bridgehead atoms. The maximum absolute atomic E-state index is 12.0. The second kappa shape index (κ2) is 7.76. The Hall–Kier alpha value is -0.910. The van der Waals surface area contributed by atoms with E-state index in [1.165, 1.54) is 0 Å². The molecule has 1 rings (SSSR count). The quantitative estimate of drug-likeness (QED) is 0.774. The third kappa shape index (κ3) is 5.61. The predicted molar refractivity (Wildman–Crippen MR) is 83.4 cm³/mol. The van der Waals surface area contributed by atoms with Gasteiger partial charge in [0, 0.05) is 12.1 Å². The number of hydrogen-bond acceptors (Lipinski definition) is 3. The van der Waals surface area contributed by atoms with E-state index in [0.717, 1.165) is 24.9 Å². The summed E-state index contributed by atoms with van der Waals surface area (Å²) in [5.41, 5.74) is 1.14. The van der Waals surface area contributed by atoms with Gasteiger partial charge in [-0.15, -0.1) is 0 Å². The van der Waals surface area contributed by atoms with Gasteiger partial charge in [-0.1, -0.05) is 19.1 Å². The zero-order valence-electron chi connectivity index (χ0n) is 12.8. The van der Waals surface area contributed by atoms with Crippen LogP contribution in [-0.2, 0) is 16.4 Å². The number of rotatable bonds is 8. The summed E-state index contributed by atoms with van der Waals surface area (Å²) in [6.45, 7) is 8.91. The van der Waals surface area contributed by atoms with Gasteiger partial charge in [0.15, 0.2) is 0 Å².